The number of nitrogens with zero attached hydrogens (tertiary/aromatic N) is 1. The number of thioether (sulfide) groups is 1. The van der Waals surface area contributed by atoms with Crippen LogP contribution in [0.4, 0.5) is 0 Å². The van der Waals surface area contributed by atoms with Crippen molar-refractivity contribution >= 4 is 23.1 Å². The van der Waals surface area contributed by atoms with Crippen LogP contribution in [0.5, 0.6) is 0 Å². The smallest absolute Gasteiger partial charge is 0.0926 e. The zero-order valence-corrected chi connectivity index (χ0v) is 11.4. The molecule has 0 aromatic carbocycles. The molecule has 1 atom stereocenters. The Balaban J connectivity index is 2.34. The summed E-state index contributed by atoms with van der Waals surface area (Å²) >= 11 is 3.66. The van der Waals surface area contributed by atoms with Gasteiger partial charge in [-0.25, -0.2) is 4.98 Å². The number of aryl methyl sites for hydroxylation is 1. The Hall–Kier alpha value is -0.0600. The van der Waals surface area contributed by atoms with Gasteiger partial charge >= 0.3 is 0 Å². The first kappa shape index (κ1) is 13.0. The molecule has 1 aromatic heterocycles. The first-order valence-electron chi connectivity index (χ1n) is 5.45. The van der Waals surface area contributed by atoms with E-state index in [1.807, 2.05) is 11.8 Å². The molecule has 0 saturated heterocycles. The molecule has 2 nitrogen and oxygen atoms in total. The van der Waals surface area contributed by atoms with Crippen molar-refractivity contribution in [3.63, 3.8) is 0 Å². The van der Waals surface area contributed by atoms with E-state index in [0.717, 1.165) is 13.0 Å². The highest BCUT2D eigenvalue weighted by Crippen LogP contribution is 2.10. The van der Waals surface area contributed by atoms with Gasteiger partial charge in [0, 0.05) is 23.7 Å². The fourth-order valence-electron chi connectivity index (χ4n) is 1.36. The maximum absolute atomic E-state index is 4.54. The van der Waals surface area contributed by atoms with Gasteiger partial charge in [0.2, 0.25) is 0 Å². The molecule has 0 bridgehead atoms. The predicted molar refractivity (Wildman–Crippen MR) is 70.8 cm³/mol. The largest absolute Gasteiger partial charge is 0.308 e. The zero-order valence-electron chi connectivity index (χ0n) is 9.75. The molecule has 0 aliphatic heterocycles. The van der Waals surface area contributed by atoms with E-state index < -0.39 is 0 Å². The minimum absolute atomic E-state index is 0.617. The van der Waals surface area contributed by atoms with E-state index in [9.17, 15) is 0 Å². The van der Waals surface area contributed by atoms with Crippen LogP contribution in [0.15, 0.2) is 5.38 Å². The number of nitrogens with one attached hydrogen (secondary N) is 1. The minimum atomic E-state index is 0.617. The SMILES string of the molecule is CCc1nc(CNC(CC)CSC)cs1. The monoisotopic (exact) mass is 244 g/mol. The maximum Gasteiger partial charge on any atom is 0.0926 e. The molecule has 0 aliphatic rings. The third-order valence-electron chi connectivity index (χ3n) is 2.33. The van der Waals surface area contributed by atoms with Gasteiger partial charge in [0.15, 0.2) is 0 Å². The van der Waals surface area contributed by atoms with Crippen LogP contribution in [-0.2, 0) is 13.0 Å². The summed E-state index contributed by atoms with van der Waals surface area (Å²) in [6.07, 6.45) is 4.39. The van der Waals surface area contributed by atoms with Gasteiger partial charge in [-0.05, 0) is 19.1 Å². The molecule has 1 unspecified atom stereocenters. The lowest BCUT2D eigenvalue weighted by Crippen LogP contribution is -2.30. The topological polar surface area (TPSA) is 24.9 Å². The quantitative estimate of drug-likeness (QED) is 0.798. The highest BCUT2D eigenvalue weighted by molar-refractivity contribution is 7.98. The van der Waals surface area contributed by atoms with Crippen LogP contribution in [0.1, 0.15) is 31.0 Å². The van der Waals surface area contributed by atoms with Crippen molar-refractivity contribution in [1.82, 2.24) is 10.3 Å². The summed E-state index contributed by atoms with van der Waals surface area (Å²) in [5.41, 5.74) is 1.19. The second-order valence-electron chi connectivity index (χ2n) is 3.53. The number of aromatic nitrogens is 1. The number of rotatable bonds is 7. The molecule has 0 fully saturated rings. The number of hydrogen-bond acceptors (Lipinski definition) is 4. The Bertz CT molecular complexity index is 273. The Morgan fingerprint density at radius 3 is 2.87 bits per heavy atom. The summed E-state index contributed by atoms with van der Waals surface area (Å²) in [6.45, 7) is 5.29. The molecule has 1 N–H and O–H groups in total. The lowest BCUT2D eigenvalue weighted by molar-refractivity contribution is 0.537. The summed E-state index contributed by atoms with van der Waals surface area (Å²) in [5, 5.41) is 6.95. The van der Waals surface area contributed by atoms with Gasteiger partial charge in [-0.2, -0.15) is 11.8 Å². The summed E-state index contributed by atoms with van der Waals surface area (Å²) in [6, 6.07) is 0.617. The predicted octanol–water partition coefficient (Wildman–Crippen LogP) is 2.94. The van der Waals surface area contributed by atoms with Crippen LogP contribution >= 0.6 is 23.1 Å². The summed E-state index contributed by atoms with van der Waals surface area (Å²) in [5.74, 6) is 1.18. The molecule has 15 heavy (non-hydrogen) atoms. The Labute approximate surface area is 101 Å². The molecular weight excluding hydrogens is 224 g/mol. The average molecular weight is 244 g/mol. The maximum atomic E-state index is 4.54. The second kappa shape index (κ2) is 7.25. The molecule has 0 aliphatic carbocycles. The summed E-state index contributed by atoms with van der Waals surface area (Å²) < 4.78 is 0. The molecule has 0 saturated carbocycles. The summed E-state index contributed by atoms with van der Waals surface area (Å²) in [4.78, 5) is 4.54. The van der Waals surface area contributed by atoms with E-state index in [2.05, 4.69) is 35.8 Å². The molecular formula is C11H20N2S2. The van der Waals surface area contributed by atoms with E-state index in [1.54, 1.807) is 11.3 Å². The van der Waals surface area contributed by atoms with E-state index in [0.29, 0.717) is 6.04 Å². The van der Waals surface area contributed by atoms with Gasteiger partial charge in [0.25, 0.3) is 0 Å². The van der Waals surface area contributed by atoms with Crippen molar-refractivity contribution < 1.29 is 0 Å². The van der Waals surface area contributed by atoms with Gasteiger partial charge < -0.3 is 5.32 Å². The minimum Gasteiger partial charge on any atom is -0.308 e. The van der Waals surface area contributed by atoms with Crippen LogP contribution in [0.3, 0.4) is 0 Å². The molecule has 4 heteroatoms. The Morgan fingerprint density at radius 2 is 2.33 bits per heavy atom. The van der Waals surface area contributed by atoms with Crippen molar-refractivity contribution in [2.24, 2.45) is 0 Å². The fraction of sp³-hybridized carbons (Fsp3) is 0.727. The zero-order chi connectivity index (χ0) is 11.1. The van der Waals surface area contributed by atoms with E-state index >= 15 is 0 Å². The van der Waals surface area contributed by atoms with Gasteiger partial charge in [-0.3, -0.25) is 0 Å². The molecule has 86 valence electrons. The van der Waals surface area contributed by atoms with Gasteiger partial charge in [-0.15, -0.1) is 11.3 Å². The van der Waals surface area contributed by atoms with Gasteiger partial charge in [0.05, 0.1) is 10.7 Å². The standard InChI is InChI=1S/C11H20N2S2/c1-4-9(7-14-3)12-6-10-8-15-11(5-2)13-10/h8-9,12H,4-7H2,1-3H3. The molecule has 0 amide bonds. The van der Waals surface area contributed by atoms with Crippen molar-refractivity contribution in [1.29, 1.82) is 0 Å². The molecule has 0 spiro atoms. The van der Waals surface area contributed by atoms with Gasteiger partial charge in [-0.1, -0.05) is 13.8 Å². The first-order chi connectivity index (χ1) is 7.30. The first-order valence-corrected chi connectivity index (χ1v) is 7.73. The van der Waals surface area contributed by atoms with Crippen molar-refractivity contribution in [2.75, 3.05) is 12.0 Å². The van der Waals surface area contributed by atoms with Crippen molar-refractivity contribution in [3.05, 3.63) is 16.1 Å². The van der Waals surface area contributed by atoms with Crippen LogP contribution in [-0.4, -0.2) is 23.0 Å². The third kappa shape index (κ3) is 4.53. The highest BCUT2D eigenvalue weighted by atomic mass is 32.2. The van der Waals surface area contributed by atoms with Crippen molar-refractivity contribution in [2.45, 2.75) is 39.3 Å². The average Bonchev–Trinajstić information content (AvgIpc) is 2.72. The van der Waals surface area contributed by atoms with E-state index in [1.165, 1.54) is 22.9 Å². The third-order valence-corrected chi connectivity index (χ3v) is 4.11. The Morgan fingerprint density at radius 1 is 1.53 bits per heavy atom. The summed E-state index contributed by atoms with van der Waals surface area (Å²) in [7, 11) is 0. The van der Waals surface area contributed by atoms with E-state index in [-0.39, 0.29) is 0 Å². The lowest BCUT2D eigenvalue weighted by Gasteiger charge is -2.14. The fourth-order valence-corrected chi connectivity index (χ4v) is 2.86. The van der Waals surface area contributed by atoms with E-state index in [4.69, 9.17) is 0 Å². The van der Waals surface area contributed by atoms with Crippen LogP contribution in [0.25, 0.3) is 0 Å². The van der Waals surface area contributed by atoms with Crippen LogP contribution < -0.4 is 5.32 Å². The lowest BCUT2D eigenvalue weighted by atomic mass is 10.2. The molecule has 0 radical (unpaired) electrons. The Kier molecular flexibility index (Phi) is 6.29. The highest BCUT2D eigenvalue weighted by Gasteiger charge is 2.06. The van der Waals surface area contributed by atoms with Gasteiger partial charge in [0.1, 0.15) is 0 Å². The van der Waals surface area contributed by atoms with Crippen LogP contribution in [0.2, 0.25) is 0 Å². The molecule has 1 rings (SSSR count). The molecule has 1 heterocycles. The normalized spacial score (nSPS) is 13.0. The molecule has 1 aromatic rings. The number of thiazole rings is 1. The van der Waals surface area contributed by atoms with Crippen molar-refractivity contribution in [3.8, 4) is 0 Å². The van der Waals surface area contributed by atoms with Crippen LogP contribution in [0, 0.1) is 0 Å². The number of hydrogen-bond donors (Lipinski definition) is 1. The second-order valence-corrected chi connectivity index (χ2v) is 5.38.